The molecule has 1 amide bonds. The molecule has 1 aromatic heterocycles. The Labute approximate surface area is 165 Å². The SMILES string of the molecule is O=C(Cc1ccc(Br)cc1)NCc1ccc(S(=O)(=O)N2CCOCC2)s1. The summed E-state index contributed by atoms with van der Waals surface area (Å²) in [6.45, 7) is 1.91. The lowest BCUT2D eigenvalue weighted by Gasteiger charge is -2.25. The minimum Gasteiger partial charge on any atom is -0.379 e. The van der Waals surface area contributed by atoms with Crippen molar-refractivity contribution in [2.24, 2.45) is 0 Å². The van der Waals surface area contributed by atoms with Gasteiger partial charge in [0.25, 0.3) is 10.0 Å². The van der Waals surface area contributed by atoms with Gasteiger partial charge in [0.2, 0.25) is 5.91 Å². The minimum atomic E-state index is -3.48. The van der Waals surface area contributed by atoms with Gasteiger partial charge >= 0.3 is 0 Å². The van der Waals surface area contributed by atoms with Crippen LogP contribution in [0.4, 0.5) is 0 Å². The van der Waals surface area contributed by atoms with E-state index < -0.39 is 10.0 Å². The van der Waals surface area contributed by atoms with Gasteiger partial charge in [-0.25, -0.2) is 8.42 Å². The Bertz CT molecular complexity index is 859. The molecule has 0 aliphatic carbocycles. The lowest BCUT2D eigenvalue weighted by molar-refractivity contribution is -0.120. The fourth-order valence-corrected chi connectivity index (χ4v) is 5.66. The van der Waals surface area contributed by atoms with E-state index >= 15 is 0 Å². The molecule has 2 aromatic rings. The summed E-state index contributed by atoms with van der Waals surface area (Å²) in [5.41, 5.74) is 0.924. The first-order valence-electron chi connectivity index (χ1n) is 8.13. The van der Waals surface area contributed by atoms with Crippen molar-refractivity contribution in [2.75, 3.05) is 26.3 Å². The van der Waals surface area contributed by atoms with Crippen molar-refractivity contribution < 1.29 is 17.9 Å². The number of hydrogen-bond acceptors (Lipinski definition) is 5. The number of thiophene rings is 1. The molecule has 1 aliphatic heterocycles. The molecule has 0 bridgehead atoms. The zero-order valence-electron chi connectivity index (χ0n) is 14.0. The predicted molar refractivity (Wildman–Crippen MR) is 104 cm³/mol. The van der Waals surface area contributed by atoms with Gasteiger partial charge in [0.1, 0.15) is 4.21 Å². The van der Waals surface area contributed by atoms with Crippen LogP contribution in [0, 0.1) is 0 Å². The molecule has 1 fully saturated rings. The van der Waals surface area contributed by atoms with Gasteiger partial charge in [-0.15, -0.1) is 11.3 Å². The van der Waals surface area contributed by atoms with E-state index in [0.717, 1.165) is 14.9 Å². The summed E-state index contributed by atoms with van der Waals surface area (Å²) in [4.78, 5) is 12.9. The lowest BCUT2D eigenvalue weighted by Crippen LogP contribution is -2.40. The van der Waals surface area contributed by atoms with Crippen molar-refractivity contribution in [3.63, 3.8) is 0 Å². The largest absolute Gasteiger partial charge is 0.379 e. The smallest absolute Gasteiger partial charge is 0.252 e. The van der Waals surface area contributed by atoms with E-state index in [9.17, 15) is 13.2 Å². The number of rotatable bonds is 6. The molecule has 26 heavy (non-hydrogen) atoms. The molecule has 1 aliphatic rings. The average Bonchev–Trinajstić information content (AvgIpc) is 3.13. The monoisotopic (exact) mass is 458 g/mol. The van der Waals surface area contributed by atoms with Crippen LogP contribution >= 0.6 is 27.3 Å². The molecule has 0 saturated carbocycles. The third-order valence-corrected chi connectivity index (χ3v) is 7.92. The number of carbonyl (C=O) groups excluding carboxylic acids is 1. The van der Waals surface area contributed by atoms with E-state index in [0.29, 0.717) is 37.1 Å². The Morgan fingerprint density at radius 3 is 2.54 bits per heavy atom. The van der Waals surface area contributed by atoms with Crippen LogP contribution in [-0.2, 0) is 32.5 Å². The summed E-state index contributed by atoms with van der Waals surface area (Å²) >= 11 is 4.55. The molecule has 0 radical (unpaired) electrons. The summed E-state index contributed by atoms with van der Waals surface area (Å²) in [5, 5.41) is 2.84. The van der Waals surface area contributed by atoms with E-state index in [-0.39, 0.29) is 12.3 Å². The molecule has 0 unspecified atom stereocenters. The lowest BCUT2D eigenvalue weighted by atomic mass is 10.1. The van der Waals surface area contributed by atoms with E-state index in [1.807, 2.05) is 24.3 Å². The Hall–Kier alpha value is -1.26. The number of carbonyl (C=O) groups is 1. The number of nitrogens with zero attached hydrogens (tertiary/aromatic N) is 1. The Balaban J connectivity index is 1.56. The third-order valence-electron chi connectivity index (χ3n) is 3.94. The van der Waals surface area contributed by atoms with Crippen LogP contribution in [0.25, 0.3) is 0 Å². The van der Waals surface area contributed by atoms with Crippen molar-refractivity contribution in [3.05, 3.63) is 51.3 Å². The molecule has 6 nitrogen and oxygen atoms in total. The van der Waals surface area contributed by atoms with Gasteiger partial charge in [-0.2, -0.15) is 4.31 Å². The standard InChI is InChI=1S/C17H19BrN2O4S2/c18-14-3-1-13(2-4-14)11-16(21)19-12-15-5-6-17(25-15)26(22,23)20-7-9-24-10-8-20/h1-6H,7-12H2,(H,19,21). The number of nitrogens with one attached hydrogen (secondary N) is 1. The highest BCUT2D eigenvalue weighted by molar-refractivity contribution is 9.10. The van der Waals surface area contributed by atoms with Crippen LogP contribution in [0.1, 0.15) is 10.4 Å². The number of halogens is 1. The fourth-order valence-electron chi connectivity index (χ4n) is 2.54. The van der Waals surface area contributed by atoms with Crippen molar-refractivity contribution in [1.82, 2.24) is 9.62 Å². The van der Waals surface area contributed by atoms with Crippen molar-refractivity contribution in [1.29, 1.82) is 0 Å². The van der Waals surface area contributed by atoms with Gasteiger partial charge in [0, 0.05) is 22.4 Å². The molecular weight excluding hydrogens is 440 g/mol. The van der Waals surface area contributed by atoms with Gasteiger partial charge < -0.3 is 10.1 Å². The number of sulfonamides is 1. The zero-order chi connectivity index (χ0) is 18.6. The summed E-state index contributed by atoms with van der Waals surface area (Å²) in [7, 11) is -3.48. The molecule has 0 spiro atoms. The van der Waals surface area contributed by atoms with E-state index in [1.165, 1.54) is 15.6 Å². The van der Waals surface area contributed by atoms with Crippen LogP contribution in [-0.4, -0.2) is 44.9 Å². The van der Waals surface area contributed by atoms with Crippen molar-refractivity contribution >= 4 is 43.2 Å². The molecule has 1 aromatic carbocycles. The topological polar surface area (TPSA) is 75.7 Å². The first kappa shape index (κ1) is 19.5. The second kappa shape index (κ2) is 8.62. The second-order valence-corrected chi connectivity index (χ2v) is 10.1. The van der Waals surface area contributed by atoms with E-state index in [1.54, 1.807) is 12.1 Å². The molecular formula is C17H19BrN2O4S2. The fraction of sp³-hybridized carbons (Fsp3) is 0.353. The molecule has 3 rings (SSSR count). The van der Waals surface area contributed by atoms with Gasteiger partial charge in [-0.05, 0) is 29.8 Å². The Morgan fingerprint density at radius 2 is 1.85 bits per heavy atom. The molecule has 0 atom stereocenters. The maximum atomic E-state index is 12.6. The van der Waals surface area contributed by atoms with Gasteiger partial charge in [-0.3, -0.25) is 4.79 Å². The number of hydrogen-bond donors (Lipinski definition) is 1. The van der Waals surface area contributed by atoms with E-state index in [2.05, 4.69) is 21.2 Å². The number of morpholine rings is 1. The molecule has 1 saturated heterocycles. The quantitative estimate of drug-likeness (QED) is 0.720. The van der Waals surface area contributed by atoms with Gasteiger partial charge in [-0.1, -0.05) is 28.1 Å². The Morgan fingerprint density at radius 1 is 1.15 bits per heavy atom. The highest BCUT2D eigenvalue weighted by Gasteiger charge is 2.27. The molecule has 140 valence electrons. The number of ether oxygens (including phenoxy) is 1. The summed E-state index contributed by atoms with van der Waals surface area (Å²) in [5.74, 6) is -0.0988. The Kier molecular flexibility index (Phi) is 6.46. The highest BCUT2D eigenvalue weighted by Crippen LogP contribution is 2.25. The van der Waals surface area contributed by atoms with Crippen LogP contribution < -0.4 is 5.32 Å². The molecule has 2 heterocycles. The van der Waals surface area contributed by atoms with Gasteiger partial charge in [0.15, 0.2) is 0 Å². The second-order valence-electron chi connectivity index (χ2n) is 5.82. The van der Waals surface area contributed by atoms with Crippen LogP contribution in [0.15, 0.2) is 45.1 Å². The zero-order valence-corrected chi connectivity index (χ0v) is 17.2. The van der Waals surface area contributed by atoms with Crippen molar-refractivity contribution in [3.8, 4) is 0 Å². The highest BCUT2D eigenvalue weighted by atomic mass is 79.9. The van der Waals surface area contributed by atoms with Crippen LogP contribution in [0.5, 0.6) is 0 Å². The minimum absolute atomic E-state index is 0.0988. The number of amides is 1. The maximum Gasteiger partial charge on any atom is 0.252 e. The van der Waals surface area contributed by atoms with E-state index in [4.69, 9.17) is 4.74 Å². The third kappa shape index (κ3) is 4.92. The molecule has 9 heteroatoms. The predicted octanol–water partition coefficient (Wildman–Crippen LogP) is 2.39. The maximum absolute atomic E-state index is 12.6. The first-order chi connectivity index (χ1) is 12.4. The first-order valence-corrected chi connectivity index (χ1v) is 11.2. The van der Waals surface area contributed by atoms with Crippen LogP contribution in [0.2, 0.25) is 0 Å². The van der Waals surface area contributed by atoms with Crippen molar-refractivity contribution in [2.45, 2.75) is 17.2 Å². The summed E-state index contributed by atoms with van der Waals surface area (Å²) < 4.78 is 33.1. The van der Waals surface area contributed by atoms with Gasteiger partial charge in [0.05, 0.1) is 26.2 Å². The van der Waals surface area contributed by atoms with Crippen LogP contribution in [0.3, 0.4) is 0 Å². The average molecular weight is 459 g/mol. The molecule has 1 N–H and O–H groups in total. The number of benzene rings is 1. The normalized spacial score (nSPS) is 15.7. The summed E-state index contributed by atoms with van der Waals surface area (Å²) in [6, 6.07) is 10.9. The summed E-state index contributed by atoms with van der Waals surface area (Å²) in [6.07, 6.45) is 0.289.